The van der Waals surface area contributed by atoms with Gasteiger partial charge in [-0.15, -0.1) is 0 Å². The van der Waals surface area contributed by atoms with Crippen LogP contribution in [0, 0.1) is 0 Å². The zero-order valence-electron chi connectivity index (χ0n) is 18.2. The van der Waals surface area contributed by atoms with Gasteiger partial charge in [-0.2, -0.15) is 0 Å². The molecule has 0 aromatic carbocycles. The first-order chi connectivity index (χ1) is 10.2. The Morgan fingerprint density at radius 2 is 0.667 bits per heavy atom. The van der Waals surface area contributed by atoms with E-state index in [9.17, 15) is 0 Å². The minimum atomic E-state index is 0. The second-order valence-electron chi connectivity index (χ2n) is 8.33. The highest BCUT2D eigenvalue weighted by Crippen LogP contribution is 2.16. The summed E-state index contributed by atoms with van der Waals surface area (Å²) in [5.41, 5.74) is 0. The summed E-state index contributed by atoms with van der Waals surface area (Å²) in [6.07, 6.45) is 11.1. The van der Waals surface area contributed by atoms with Crippen LogP contribution in [0.2, 0.25) is 0 Å². The number of halogens is 1. The van der Waals surface area contributed by atoms with E-state index in [0.29, 0.717) is 0 Å². The first kappa shape index (κ1) is 32.1. The maximum absolute atomic E-state index is 2.33. The number of quaternary nitrogens is 2. The Kier molecular flexibility index (Phi) is 26.3. The molecule has 0 aliphatic carbocycles. The average molecular weight is 414 g/mol. The molecule has 0 aliphatic rings. The number of unbranched alkanes of at least 4 members (excludes halogenated alkanes) is 4. The Bertz CT molecular complexity index is 187. The molecule has 0 bridgehead atoms. The Morgan fingerprint density at radius 1 is 0.500 bits per heavy atom. The fraction of sp³-hybridized carbons (Fsp3) is 1.00. The van der Waals surface area contributed by atoms with E-state index in [-0.39, 0.29) is 22.5 Å². The number of hydrogen-bond donors (Lipinski definition) is 0. The van der Waals surface area contributed by atoms with Gasteiger partial charge in [-0.3, -0.25) is 0 Å². The van der Waals surface area contributed by atoms with Gasteiger partial charge in [0, 0.05) is 0 Å². The standard InChI is InChI=1S/C16H36N.C4H12N.BrH.H2O/c1-5-9-13-17(14-10-6-2,15-11-7-3)16-12-8-4;1-5(2,3)4;;/h5-16H2,1-4H3;1-4H3;1H;1H2/q2*+1;;/p-2. The van der Waals surface area contributed by atoms with Crippen LogP contribution in [0.15, 0.2) is 0 Å². The van der Waals surface area contributed by atoms with Crippen molar-refractivity contribution >= 4 is 0 Å². The van der Waals surface area contributed by atoms with Crippen LogP contribution in [0.3, 0.4) is 0 Å². The summed E-state index contributed by atoms with van der Waals surface area (Å²) in [5, 5.41) is 0. The molecule has 0 spiro atoms. The minimum absolute atomic E-state index is 0. The largest absolute Gasteiger partial charge is 1.00 e. The number of rotatable bonds is 12. The topological polar surface area (TPSA) is 30.0 Å². The molecular weight excluding hydrogens is 364 g/mol. The highest BCUT2D eigenvalue weighted by molar-refractivity contribution is 4.49. The second kappa shape index (κ2) is 19.7. The molecule has 3 nitrogen and oxygen atoms in total. The molecule has 0 saturated carbocycles. The summed E-state index contributed by atoms with van der Waals surface area (Å²) in [5.74, 6) is 0. The fourth-order valence-electron chi connectivity index (χ4n) is 2.64. The van der Waals surface area contributed by atoms with Gasteiger partial charge >= 0.3 is 0 Å². The molecule has 0 amide bonds. The van der Waals surface area contributed by atoms with Crippen molar-refractivity contribution in [2.24, 2.45) is 0 Å². The van der Waals surface area contributed by atoms with Crippen LogP contribution < -0.4 is 17.0 Å². The molecule has 0 rings (SSSR count). The van der Waals surface area contributed by atoms with Crippen LogP contribution in [0.25, 0.3) is 0 Å². The molecule has 24 heavy (non-hydrogen) atoms. The SMILES string of the molecule is CCCC[N+](CCCC)(CCCC)CCCC.C[N+](C)(C)C.[Br-].[OH-]. The zero-order valence-corrected chi connectivity index (χ0v) is 19.8. The molecule has 0 aliphatic heterocycles. The van der Waals surface area contributed by atoms with Crippen LogP contribution in [0.5, 0.6) is 0 Å². The van der Waals surface area contributed by atoms with Crippen LogP contribution in [0.1, 0.15) is 79.1 Å². The van der Waals surface area contributed by atoms with Gasteiger partial charge in [-0.1, -0.05) is 53.4 Å². The normalized spacial score (nSPS) is 11.0. The van der Waals surface area contributed by atoms with Gasteiger partial charge in [-0.25, -0.2) is 0 Å². The molecule has 0 fully saturated rings. The van der Waals surface area contributed by atoms with E-state index in [1.54, 1.807) is 0 Å². The summed E-state index contributed by atoms with van der Waals surface area (Å²) in [7, 11) is 8.50. The molecule has 0 heterocycles. The summed E-state index contributed by atoms with van der Waals surface area (Å²) in [6.45, 7) is 15.0. The third-order valence-electron chi connectivity index (χ3n) is 3.94. The predicted octanol–water partition coefficient (Wildman–Crippen LogP) is 2.15. The van der Waals surface area contributed by atoms with Gasteiger partial charge in [0.25, 0.3) is 0 Å². The lowest BCUT2D eigenvalue weighted by Gasteiger charge is -2.39. The minimum Gasteiger partial charge on any atom is -1.00 e. The molecule has 0 unspecified atom stereocenters. The smallest absolute Gasteiger partial charge is 0.0786 e. The van der Waals surface area contributed by atoms with Gasteiger partial charge in [0.2, 0.25) is 0 Å². The van der Waals surface area contributed by atoms with E-state index >= 15 is 0 Å². The van der Waals surface area contributed by atoms with E-state index in [4.69, 9.17) is 0 Å². The Hall–Kier alpha value is 0.360. The van der Waals surface area contributed by atoms with Crippen LogP contribution in [-0.2, 0) is 0 Å². The van der Waals surface area contributed by atoms with Gasteiger partial charge in [0.15, 0.2) is 0 Å². The van der Waals surface area contributed by atoms with Gasteiger partial charge < -0.3 is 31.4 Å². The van der Waals surface area contributed by atoms with E-state index in [0.717, 1.165) is 4.48 Å². The van der Waals surface area contributed by atoms with E-state index < -0.39 is 0 Å². The molecule has 1 N–H and O–H groups in total. The van der Waals surface area contributed by atoms with Crippen molar-refractivity contribution in [1.29, 1.82) is 0 Å². The number of hydrogen-bond acceptors (Lipinski definition) is 1. The summed E-state index contributed by atoms with van der Waals surface area (Å²) < 4.78 is 2.42. The predicted molar refractivity (Wildman–Crippen MR) is 105 cm³/mol. The molecule has 4 heteroatoms. The van der Waals surface area contributed by atoms with Crippen LogP contribution in [-0.4, -0.2) is 68.8 Å². The lowest BCUT2D eigenvalue weighted by molar-refractivity contribution is -0.929. The molecule has 0 saturated heterocycles. The third-order valence-corrected chi connectivity index (χ3v) is 3.94. The first-order valence-corrected chi connectivity index (χ1v) is 9.88. The lowest BCUT2D eigenvalue weighted by Crippen LogP contribution is -3.00. The van der Waals surface area contributed by atoms with Crippen molar-refractivity contribution in [2.45, 2.75) is 79.1 Å². The summed E-state index contributed by atoms with van der Waals surface area (Å²) in [4.78, 5) is 0. The summed E-state index contributed by atoms with van der Waals surface area (Å²) >= 11 is 0. The van der Waals surface area contributed by atoms with Gasteiger partial charge in [-0.05, 0) is 25.7 Å². The molecule has 0 atom stereocenters. The molecule has 0 aromatic rings. The monoisotopic (exact) mass is 412 g/mol. The van der Waals surface area contributed by atoms with Crippen molar-refractivity contribution in [2.75, 3.05) is 54.4 Å². The number of nitrogens with zero attached hydrogens (tertiary/aromatic N) is 2. The maximum Gasteiger partial charge on any atom is 0.0786 e. The maximum atomic E-state index is 2.33. The first-order valence-electron chi connectivity index (χ1n) is 9.88. The Balaban J connectivity index is -0.000000250. The van der Waals surface area contributed by atoms with Crippen molar-refractivity contribution < 1.29 is 31.4 Å². The second-order valence-corrected chi connectivity index (χ2v) is 8.33. The quantitative estimate of drug-likeness (QED) is 0.451. The van der Waals surface area contributed by atoms with E-state index in [1.807, 2.05) is 0 Å². The van der Waals surface area contributed by atoms with Crippen molar-refractivity contribution in [1.82, 2.24) is 0 Å². The van der Waals surface area contributed by atoms with Crippen molar-refractivity contribution in [3.05, 3.63) is 0 Å². The van der Waals surface area contributed by atoms with E-state index in [2.05, 4.69) is 55.9 Å². The summed E-state index contributed by atoms with van der Waals surface area (Å²) in [6, 6.07) is 0. The Morgan fingerprint density at radius 3 is 0.792 bits per heavy atom. The average Bonchev–Trinajstić information content (AvgIpc) is 2.44. The third kappa shape index (κ3) is 24.6. The molecular formula is C20H49BrN2O. The zero-order chi connectivity index (χ0) is 17.5. The highest BCUT2D eigenvalue weighted by Gasteiger charge is 2.24. The fourth-order valence-corrected chi connectivity index (χ4v) is 2.64. The van der Waals surface area contributed by atoms with Crippen LogP contribution >= 0.6 is 0 Å². The molecule has 0 radical (unpaired) electrons. The van der Waals surface area contributed by atoms with E-state index in [1.165, 1.54) is 82.0 Å². The molecule has 152 valence electrons. The highest BCUT2D eigenvalue weighted by atomic mass is 79.9. The molecule has 0 aromatic heterocycles. The lowest BCUT2D eigenvalue weighted by atomic mass is 10.1. The van der Waals surface area contributed by atoms with Gasteiger partial charge in [0.1, 0.15) is 0 Å². The van der Waals surface area contributed by atoms with Crippen LogP contribution in [0.4, 0.5) is 0 Å². The van der Waals surface area contributed by atoms with Gasteiger partial charge in [0.05, 0.1) is 54.4 Å². The Labute approximate surface area is 165 Å². The van der Waals surface area contributed by atoms with Crippen molar-refractivity contribution in [3.8, 4) is 0 Å². The van der Waals surface area contributed by atoms with Crippen molar-refractivity contribution in [3.63, 3.8) is 0 Å².